The molecule has 1 aromatic heterocycles. The van der Waals surface area contributed by atoms with Crippen LogP contribution in [0, 0.1) is 0 Å². The molecular weight excluding hydrogens is 270 g/mol. The van der Waals surface area contributed by atoms with Gasteiger partial charge in [0.15, 0.2) is 5.82 Å². The Kier molecular flexibility index (Phi) is 4.83. The fraction of sp³-hybridized carbons (Fsp3) is 0.467. The summed E-state index contributed by atoms with van der Waals surface area (Å²) in [5.41, 5.74) is 7.72. The summed E-state index contributed by atoms with van der Waals surface area (Å²) in [5.74, 6) is 2.08. The molecule has 2 N–H and O–H groups in total. The third-order valence-electron chi connectivity index (χ3n) is 2.71. The second kappa shape index (κ2) is 6.41. The molecule has 108 valence electrons. The number of aromatic nitrogens is 2. The van der Waals surface area contributed by atoms with Gasteiger partial charge in [0.25, 0.3) is 5.89 Å². The van der Waals surface area contributed by atoms with Crippen molar-refractivity contribution in [2.24, 2.45) is 5.73 Å². The average Bonchev–Trinajstić information content (AvgIpc) is 2.85. The first kappa shape index (κ1) is 15.1. The summed E-state index contributed by atoms with van der Waals surface area (Å²) >= 11 is 1.80. The lowest BCUT2D eigenvalue weighted by atomic mass is 10.1. The van der Waals surface area contributed by atoms with Crippen molar-refractivity contribution in [2.45, 2.75) is 37.7 Å². The quantitative estimate of drug-likeness (QED) is 0.916. The fourth-order valence-corrected chi connectivity index (χ4v) is 2.42. The van der Waals surface area contributed by atoms with Gasteiger partial charge in [-0.15, -0.1) is 11.8 Å². The zero-order valence-electron chi connectivity index (χ0n) is 12.2. The minimum Gasteiger partial charge on any atom is -0.334 e. The summed E-state index contributed by atoms with van der Waals surface area (Å²) < 4.78 is 5.54. The largest absolute Gasteiger partial charge is 0.334 e. The Hall–Kier alpha value is -1.33. The van der Waals surface area contributed by atoms with Gasteiger partial charge < -0.3 is 10.3 Å². The van der Waals surface area contributed by atoms with Crippen molar-refractivity contribution in [2.75, 3.05) is 6.54 Å². The molecule has 0 aliphatic carbocycles. The molecule has 0 bridgehead atoms. The molecule has 0 spiro atoms. The standard InChI is InChI=1S/C15H21N3OS/c1-15(2,3)20-10-13-17-14(19-18-13)12-6-4-5-11(9-12)7-8-16/h4-6,9H,7-8,10,16H2,1-3H3. The molecule has 0 fully saturated rings. The van der Waals surface area contributed by atoms with Crippen molar-refractivity contribution in [3.05, 3.63) is 35.7 Å². The van der Waals surface area contributed by atoms with Crippen LogP contribution >= 0.6 is 11.8 Å². The highest BCUT2D eigenvalue weighted by atomic mass is 32.2. The van der Waals surface area contributed by atoms with E-state index in [4.69, 9.17) is 10.3 Å². The van der Waals surface area contributed by atoms with E-state index in [-0.39, 0.29) is 4.75 Å². The molecule has 0 amide bonds. The molecule has 0 unspecified atom stereocenters. The van der Waals surface area contributed by atoms with Crippen molar-refractivity contribution in [3.63, 3.8) is 0 Å². The number of hydrogen-bond acceptors (Lipinski definition) is 5. The highest BCUT2D eigenvalue weighted by Crippen LogP contribution is 2.27. The van der Waals surface area contributed by atoms with Crippen LogP contribution in [0.1, 0.15) is 32.2 Å². The van der Waals surface area contributed by atoms with Crippen LogP contribution in [0.5, 0.6) is 0 Å². The van der Waals surface area contributed by atoms with Crippen molar-refractivity contribution in [3.8, 4) is 11.5 Å². The number of rotatable bonds is 5. The van der Waals surface area contributed by atoms with E-state index in [1.54, 1.807) is 11.8 Å². The van der Waals surface area contributed by atoms with Crippen LogP contribution in [-0.2, 0) is 12.2 Å². The molecule has 0 radical (unpaired) electrons. The first-order valence-corrected chi connectivity index (χ1v) is 7.72. The lowest BCUT2D eigenvalue weighted by molar-refractivity contribution is 0.425. The summed E-state index contributed by atoms with van der Waals surface area (Å²) in [5, 5.41) is 4.04. The van der Waals surface area contributed by atoms with E-state index in [1.165, 1.54) is 5.56 Å². The van der Waals surface area contributed by atoms with Gasteiger partial charge in [0, 0.05) is 10.3 Å². The van der Waals surface area contributed by atoms with Gasteiger partial charge in [-0.25, -0.2) is 0 Å². The van der Waals surface area contributed by atoms with Crippen LogP contribution in [-0.4, -0.2) is 21.4 Å². The van der Waals surface area contributed by atoms with E-state index in [0.717, 1.165) is 23.6 Å². The molecule has 2 rings (SSSR count). The maximum Gasteiger partial charge on any atom is 0.257 e. The number of thioether (sulfide) groups is 1. The number of benzene rings is 1. The molecule has 1 heterocycles. The van der Waals surface area contributed by atoms with Crippen molar-refractivity contribution in [1.82, 2.24) is 10.1 Å². The Bertz CT molecular complexity index is 560. The Balaban J connectivity index is 2.10. The first-order valence-electron chi connectivity index (χ1n) is 6.74. The van der Waals surface area contributed by atoms with E-state index >= 15 is 0 Å². The van der Waals surface area contributed by atoms with Crippen molar-refractivity contribution in [1.29, 1.82) is 0 Å². The van der Waals surface area contributed by atoms with Gasteiger partial charge in [0.2, 0.25) is 0 Å². The van der Waals surface area contributed by atoms with Crippen LogP contribution in [0.25, 0.3) is 11.5 Å². The minimum absolute atomic E-state index is 0.196. The number of nitrogens with zero attached hydrogens (tertiary/aromatic N) is 2. The normalized spacial score (nSPS) is 11.8. The average molecular weight is 291 g/mol. The first-order chi connectivity index (χ1) is 9.48. The molecule has 0 atom stereocenters. The number of hydrogen-bond donors (Lipinski definition) is 1. The fourth-order valence-electron chi connectivity index (χ4n) is 1.74. The molecule has 0 saturated carbocycles. The minimum atomic E-state index is 0.196. The summed E-state index contributed by atoms with van der Waals surface area (Å²) in [6, 6.07) is 8.09. The smallest absolute Gasteiger partial charge is 0.257 e. The van der Waals surface area contributed by atoms with E-state index in [2.05, 4.69) is 43.0 Å². The summed E-state index contributed by atoms with van der Waals surface area (Å²) in [4.78, 5) is 4.45. The van der Waals surface area contributed by atoms with Crippen LogP contribution < -0.4 is 5.73 Å². The molecule has 0 saturated heterocycles. The molecular formula is C15H21N3OS. The predicted octanol–water partition coefficient (Wildman–Crippen LogP) is 3.27. The third kappa shape index (κ3) is 4.35. The van der Waals surface area contributed by atoms with Gasteiger partial charge in [0.1, 0.15) is 0 Å². The highest BCUT2D eigenvalue weighted by Gasteiger charge is 2.14. The zero-order valence-corrected chi connectivity index (χ0v) is 13.0. The molecule has 2 aromatic rings. The van der Waals surface area contributed by atoms with Crippen LogP contribution in [0.4, 0.5) is 0 Å². The molecule has 0 aliphatic heterocycles. The zero-order chi connectivity index (χ0) is 14.6. The highest BCUT2D eigenvalue weighted by molar-refractivity contribution is 7.99. The topological polar surface area (TPSA) is 64.9 Å². The van der Waals surface area contributed by atoms with Gasteiger partial charge in [-0.2, -0.15) is 4.98 Å². The Labute approximate surface area is 124 Å². The third-order valence-corrected chi connectivity index (χ3v) is 3.98. The van der Waals surface area contributed by atoms with Crippen LogP contribution in [0.3, 0.4) is 0 Å². The van der Waals surface area contributed by atoms with Crippen LogP contribution in [0.2, 0.25) is 0 Å². The molecule has 0 aliphatic rings. The molecule has 5 heteroatoms. The van der Waals surface area contributed by atoms with Gasteiger partial charge in [-0.1, -0.05) is 38.1 Å². The second-order valence-electron chi connectivity index (χ2n) is 5.66. The molecule has 20 heavy (non-hydrogen) atoms. The monoisotopic (exact) mass is 291 g/mol. The maximum absolute atomic E-state index is 5.58. The van der Waals surface area contributed by atoms with Gasteiger partial charge >= 0.3 is 0 Å². The van der Waals surface area contributed by atoms with Gasteiger partial charge in [0.05, 0.1) is 5.75 Å². The summed E-state index contributed by atoms with van der Waals surface area (Å²) in [6.07, 6.45) is 0.856. The van der Waals surface area contributed by atoms with Gasteiger partial charge in [-0.05, 0) is 30.7 Å². The Morgan fingerprint density at radius 3 is 2.80 bits per heavy atom. The SMILES string of the molecule is CC(C)(C)SCc1noc(-c2cccc(CCN)c2)n1. The van der Waals surface area contributed by atoms with E-state index in [1.807, 2.05) is 12.1 Å². The van der Waals surface area contributed by atoms with E-state index < -0.39 is 0 Å². The summed E-state index contributed by atoms with van der Waals surface area (Å²) in [6.45, 7) is 7.17. The Morgan fingerprint density at radius 1 is 1.30 bits per heavy atom. The van der Waals surface area contributed by atoms with Gasteiger partial charge in [-0.3, -0.25) is 0 Å². The molecule has 4 nitrogen and oxygen atoms in total. The second-order valence-corrected chi connectivity index (χ2v) is 7.46. The van der Waals surface area contributed by atoms with Crippen LogP contribution in [0.15, 0.2) is 28.8 Å². The lowest BCUT2D eigenvalue weighted by Crippen LogP contribution is -2.07. The lowest BCUT2D eigenvalue weighted by Gasteiger charge is -2.15. The van der Waals surface area contributed by atoms with Crippen molar-refractivity contribution >= 4 is 11.8 Å². The van der Waals surface area contributed by atoms with E-state index in [9.17, 15) is 0 Å². The van der Waals surface area contributed by atoms with E-state index in [0.29, 0.717) is 12.4 Å². The molecule has 1 aromatic carbocycles. The number of nitrogens with two attached hydrogens (primary N) is 1. The van der Waals surface area contributed by atoms with Crippen molar-refractivity contribution < 1.29 is 4.52 Å². The maximum atomic E-state index is 5.58. The predicted molar refractivity (Wildman–Crippen MR) is 83.5 cm³/mol. The summed E-state index contributed by atoms with van der Waals surface area (Å²) in [7, 11) is 0. The Morgan fingerprint density at radius 2 is 2.10 bits per heavy atom.